The number of benzene rings is 2. The van der Waals surface area contributed by atoms with Gasteiger partial charge < -0.3 is 10.1 Å². The highest BCUT2D eigenvalue weighted by atomic mass is 16.5. The van der Waals surface area contributed by atoms with Crippen molar-refractivity contribution in [2.45, 2.75) is 26.5 Å². The van der Waals surface area contributed by atoms with Crippen molar-refractivity contribution in [3.05, 3.63) is 70.8 Å². The molecule has 2 aromatic rings. The van der Waals surface area contributed by atoms with Gasteiger partial charge in [-0.15, -0.1) is 0 Å². The van der Waals surface area contributed by atoms with E-state index < -0.39 is 5.91 Å². The van der Waals surface area contributed by atoms with Crippen LogP contribution in [0.25, 0.3) is 6.08 Å². The summed E-state index contributed by atoms with van der Waals surface area (Å²) in [5.41, 5.74) is 1.95. The lowest BCUT2D eigenvalue weighted by Gasteiger charge is -2.11. The molecule has 1 amide bonds. The van der Waals surface area contributed by atoms with Gasteiger partial charge in [0.25, 0.3) is 5.91 Å². The predicted octanol–water partition coefficient (Wildman–Crippen LogP) is 3.57. The molecule has 0 bridgehead atoms. The summed E-state index contributed by atoms with van der Waals surface area (Å²) in [4.78, 5) is 12.1. The Bertz CT molecular complexity index is 902. The number of carbonyl (C=O) groups is 1. The summed E-state index contributed by atoms with van der Waals surface area (Å²) in [5, 5.41) is 21.1. The van der Waals surface area contributed by atoms with Crippen LogP contribution in [0.1, 0.15) is 30.5 Å². The van der Waals surface area contributed by atoms with Gasteiger partial charge in [0, 0.05) is 17.2 Å². The first-order valence-corrected chi connectivity index (χ1v) is 8.17. The molecule has 0 aliphatic carbocycles. The molecule has 0 aromatic heterocycles. The monoisotopic (exact) mass is 345 g/mol. The lowest BCUT2D eigenvalue weighted by Crippen LogP contribution is -2.30. The number of rotatable bonds is 6. The molecule has 0 fully saturated rings. The molecular weight excluding hydrogens is 326 g/mol. The minimum absolute atomic E-state index is 0.00664. The van der Waals surface area contributed by atoms with E-state index in [4.69, 9.17) is 10.00 Å². The Morgan fingerprint density at radius 1 is 1.15 bits per heavy atom. The van der Waals surface area contributed by atoms with E-state index in [0.717, 1.165) is 5.56 Å². The number of ether oxygens (including phenoxy) is 1. The number of nitrogens with zero attached hydrogens (tertiary/aromatic N) is 2. The summed E-state index contributed by atoms with van der Waals surface area (Å²) in [6.07, 6.45) is 1.50. The second kappa shape index (κ2) is 9.05. The van der Waals surface area contributed by atoms with Crippen LogP contribution in [0, 0.1) is 22.7 Å². The van der Waals surface area contributed by atoms with E-state index in [1.165, 1.54) is 6.08 Å². The van der Waals surface area contributed by atoms with Gasteiger partial charge in [0.1, 0.15) is 24.0 Å². The van der Waals surface area contributed by atoms with Gasteiger partial charge in [-0.05, 0) is 32.1 Å². The van der Waals surface area contributed by atoms with E-state index >= 15 is 0 Å². The van der Waals surface area contributed by atoms with Crippen molar-refractivity contribution >= 4 is 12.0 Å². The molecule has 2 aromatic carbocycles. The largest absolute Gasteiger partial charge is 0.488 e. The molecule has 5 nitrogen and oxygen atoms in total. The molecule has 0 atom stereocenters. The number of hydrogen-bond acceptors (Lipinski definition) is 4. The third kappa shape index (κ3) is 4.96. The maximum absolute atomic E-state index is 12.1. The Morgan fingerprint density at radius 2 is 1.85 bits per heavy atom. The van der Waals surface area contributed by atoms with Crippen molar-refractivity contribution < 1.29 is 9.53 Å². The van der Waals surface area contributed by atoms with Gasteiger partial charge in [0.2, 0.25) is 0 Å². The van der Waals surface area contributed by atoms with Gasteiger partial charge >= 0.3 is 0 Å². The number of nitrogens with one attached hydrogen (secondary N) is 1. The first-order valence-electron chi connectivity index (χ1n) is 8.17. The Hall–Kier alpha value is -3.57. The molecule has 0 heterocycles. The molecule has 0 saturated carbocycles. The molecule has 5 heteroatoms. The molecule has 2 rings (SSSR count). The standard InChI is InChI=1S/C21H19N3O2/c1-15(2)24-21(25)19(13-23)11-16-7-5-6-10-20(16)26-14-18-9-4-3-8-17(18)12-22/h3-11,15H,14H2,1-2H3,(H,24,25)/b19-11-. The van der Waals surface area contributed by atoms with Crippen LogP contribution >= 0.6 is 0 Å². The summed E-state index contributed by atoms with van der Waals surface area (Å²) < 4.78 is 5.84. The quantitative estimate of drug-likeness (QED) is 0.640. The lowest BCUT2D eigenvalue weighted by molar-refractivity contribution is -0.117. The fourth-order valence-electron chi connectivity index (χ4n) is 2.29. The van der Waals surface area contributed by atoms with Crippen molar-refractivity contribution in [3.8, 4) is 17.9 Å². The molecule has 0 aliphatic rings. The van der Waals surface area contributed by atoms with Crippen LogP contribution in [-0.4, -0.2) is 11.9 Å². The van der Waals surface area contributed by atoms with Gasteiger partial charge in [-0.1, -0.05) is 36.4 Å². The zero-order valence-electron chi connectivity index (χ0n) is 14.7. The summed E-state index contributed by atoms with van der Waals surface area (Å²) >= 11 is 0. The van der Waals surface area contributed by atoms with Crippen molar-refractivity contribution in [1.29, 1.82) is 10.5 Å². The summed E-state index contributed by atoms with van der Waals surface area (Å²) in [6, 6.07) is 18.3. The number of amides is 1. The van der Waals surface area contributed by atoms with Gasteiger partial charge in [0.05, 0.1) is 11.6 Å². The average Bonchev–Trinajstić information content (AvgIpc) is 2.64. The van der Waals surface area contributed by atoms with Crippen LogP contribution in [0.2, 0.25) is 0 Å². The maximum Gasteiger partial charge on any atom is 0.262 e. The molecule has 130 valence electrons. The van der Waals surface area contributed by atoms with E-state index in [2.05, 4.69) is 11.4 Å². The Kier molecular flexibility index (Phi) is 6.53. The summed E-state index contributed by atoms with van der Waals surface area (Å²) in [6.45, 7) is 3.88. The molecule has 0 unspecified atom stereocenters. The first kappa shape index (κ1) is 18.8. The number of carbonyl (C=O) groups excluding carboxylic acids is 1. The normalized spacial score (nSPS) is 10.7. The number of nitriles is 2. The van der Waals surface area contributed by atoms with Gasteiger partial charge in [-0.2, -0.15) is 10.5 Å². The minimum atomic E-state index is -0.424. The predicted molar refractivity (Wildman–Crippen MR) is 98.8 cm³/mol. The minimum Gasteiger partial charge on any atom is -0.488 e. The topological polar surface area (TPSA) is 85.9 Å². The molecular formula is C21H19N3O2. The van der Waals surface area contributed by atoms with E-state index in [1.54, 1.807) is 30.3 Å². The maximum atomic E-state index is 12.1. The Labute approximate surface area is 153 Å². The summed E-state index contributed by atoms with van der Waals surface area (Å²) in [7, 11) is 0. The van der Waals surface area contributed by atoms with E-state index in [9.17, 15) is 10.1 Å². The number of para-hydroxylation sites is 1. The van der Waals surface area contributed by atoms with Crippen LogP contribution in [0.15, 0.2) is 54.1 Å². The highest BCUT2D eigenvalue weighted by Gasteiger charge is 2.12. The number of hydrogen-bond donors (Lipinski definition) is 1. The third-order valence-electron chi connectivity index (χ3n) is 3.52. The second-order valence-corrected chi connectivity index (χ2v) is 5.89. The van der Waals surface area contributed by atoms with E-state index in [1.807, 2.05) is 38.1 Å². The van der Waals surface area contributed by atoms with Gasteiger partial charge in [-0.25, -0.2) is 0 Å². The lowest BCUT2D eigenvalue weighted by atomic mass is 10.1. The summed E-state index contributed by atoms with van der Waals surface area (Å²) in [5.74, 6) is 0.109. The van der Waals surface area contributed by atoms with Crippen molar-refractivity contribution in [2.75, 3.05) is 0 Å². The van der Waals surface area contributed by atoms with Crippen molar-refractivity contribution in [2.24, 2.45) is 0 Å². The van der Waals surface area contributed by atoms with Gasteiger partial charge in [-0.3, -0.25) is 4.79 Å². The molecule has 0 saturated heterocycles. The van der Waals surface area contributed by atoms with E-state index in [0.29, 0.717) is 16.9 Å². The van der Waals surface area contributed by atoms with Crippen molar-refractivity contribution in [3.63, 3.8) is 0 Å². The van der Waals surface area contributed by atoms with Crippen LogP contribution in [-0.2, 0) is 11.4 Å². The SMILES string of the molecule is CC(C)NC(=O)/C(C#N)=C\c1ccccc1OCc1ccccc1C#N. The third-order valence-corrected chi connectivity index (χ3v) is 3.52. The fourth-order valence-corrected chi connectivity index (χ4v) is 2.29. The van der Waals surface area contributed by atoms with Crippen LogP contribution in [0.3, 0.4) is 0 Å². The molecule has 0 radical (unpaired) electrons. The first-order chi connectivity index (χ1) is 12.5. The molecule has 0 spiro atoms. The van der Waals surface area contributed by atoms with Crippen LogP contribution in [0.4, 0.5) is 0 Å². The second-order valence-electron chi connectivity index (χ2n) is 5.89. The average molecular weight is 345 g/mol. The fraction of sp³-hybridized carbons (Fsp3) is 0.190. The Morgan fingerprint density at radius 3 is 2.54 bits per heavy atom. The highest BCUT2D eigenvalue weighted by Crippen LogP contribution is 2.23. The smallest absolute Gasteiger partial charge is 0.262 e. The van der Waals surface area contributed by atoms with E-state index in [-0.39, 0.29) is 18.2 Å². The molecule has 26 heavy (non-hydrogen) atoms. The zero-order chi connectivity index (χ0) is 18.9. The molecule has 1 N–H and O–H groups in total. The Balaban J connectivity index is 2.25. The van der Waals surface area contributed by atoms with Crippen molar-refractivity contribution in [1.82, 2.24) is 5.32 Å². The highest BCUT2D eigenvalue weighted by molar-refractivity contribution is 6.02. The molecule has 0 aliphatic heterocycles. The van der Waals surface area contributed by atoms with Crippen LogP contribution in [0.5, 0.6) is 5.75 Å². The van der Waals surface area contributed by atoms with Crippen LogP contribution < -0.4 is 10.1 Å². The van der Waals surface area contributed by atoms with Gasteiger partial charge in [0.15, 0.2) is 0 Å². The zero-order valence-corrected chi connectivity index (χ0v) is 14.7.